The zero-order valence-electron chi connectivity index (χ0n) is 16.9. The van der Waals surface area contributed by atoms with Crippen molar-refractivity contribution in [1.82, 2.24) is 4.57 Å². The van der Waals surface area contributed by atoms with E-state index in [1.54, 1.807) is 18.6 Å². The van der Waals surface area contributed by atoms with Crippen LogP contribution in [0.5, 0.6) is 0 Å². The van der Waals surface area contributed by atoms with Gasteiger partial charge in [0.15, 0.2) is 6.61 Å². The van der Waals surface area contributed by atoms with Crippen LogP contribution in [0, 0.1) is 25.2 Å². The second-order valence-electron chi connectivity index (χ2n) is 6.29. The van der Waals surface area contributed by atoms with Gasteiger partial charge in [-0.05, 0) is 43.0 Å². The molecule has 2 amide bonds. The number of anilines is 1. The summed E-state index contributed by atoms with van der Waals surface area (Å²) in [7, 11) is 1.61. The number of primary amides is 1. The average molecular weight is 430 g/mol. The molecule has 0 radical (unpaired) electrons. The van der Waals surface area contributed by atoms with Crippen molar-refractivity contribution < 1.29 is 23.9 Å². The largest absolute Gasteiger partial charge is 0.451 e. The van der Waals surface area contributed by atoms with Crippen LogP contribution in [-0.4, -0.2) is 42.7 Å². The van der Waals surface area contributed by atoms with E-state index in [2.05, 4.69) is 5.32 Å². The molecule has 0 aliphatic carbocycles. The van der Waals surface area contributed by atoms with Crippen molar-refractivity contribution in [3.8, 4) is 6.07 Å². The number of methoxy groups -OCH3 is 1. The lowest BCUT2D eigenvalue weighted by molar-refractivity contribution is -0.142. The number of hydrogen-bond acceptors (Lipinski definition) is 7. The number of carbonyl (C=O) groups excluding carboxylic acids is 3. The molecule has 0 aliphatic rings. The van der Waals surface area contributed by atoms with Gasteiger partial charge in [-0.15, -0.1) is 11.3 Å². The summed E-state index contributed by atoms with van der Waals surface area (Å²) >= 11 is 1.12. The SMILES string of the molecule is COCCn1c(C)cc(/C=C(\C#N)C(=O)OCC(=O)Nc2sccc2C(N)=O)c1C. The van der Waals surface area contributed by atoms with Crippen LogP contribution in [0.1, 0.15) is 27.3 Å². The molecule has 2 rings (SSSR count). The Balaban J connectivity index is 2.04. The first kappa shape index (κ1) is 22.9. The zero-order chi connectivity index (χ0) is 22.3. The minimum Gasteiger partial charge on any atom is -0.451 e. The Bertz CT molecular complexity index is 1030. The van der Waals surface area contributed by atoms with Gasteiger partial charge < -0.3 is 25.1 Å². The van der Waals surface area contributed by atoms with Gasteiger partial charge in [0.25, 0.3) is 11.8 Å². The standard InChI is InChI=1S/C20H22N4O5S/c1-12-8-14(13(2)24(12)5-6-28-3)9-15(10-21)20(27)29-11-17(25)23-19-16(18(22)26)4-7-30-19/h4,7-9H,5-6,11H2,1-3H3,(H2,22,26)(H,23,25)/b15-9+. The molecular weight excluding hydrogens is 408 g/mol. The van der Waals surface area contributed by atoms with E-state index in [4.69, 9.17) is 15.2 Å². The number of nitrogens with zero attached hydrogens (tertiary/aromatic N) is 2. The number of aromatic nitrogens is 1. The molecule has 0 aliphatic heterocycles. The third-order valence-corrected chi connectivity index (χ3v) is 5.12. The Hall–Kier alpha value is -3.42. The van der Waals surface area contributed by atoms with Gasteiger partial charge in [0.05, 0.1) is 12.2 Å². The Kier molecular flexibility index (Phi) is 7.91. The quantitative estimate of drug-likeness (QED) is 0.355. The first-order valence-electron chi connectivity index (χ1n) is 8.90. The van der Waals surface area contributed by atoms with Crippen LogP contribution >= 0.6 is 11.3 Å². The van der Waals surface area contributed by atoms with Crippen molar-refractivity contribution in [3.05, 3.63) is 45.6 Å². The summed E-state index contributed by atoms with van der Waals surface area (Å²) in [5.74, 6) is -2.25. The smallest absolute Gasteiger partial charge is 0.349 e. The van der Waals surface area contributed by atoms with E-state index in [-0.39, 0.29) is 16.1 Å². The van der Waals surface area contributed by atoms with Crippen LogP contribution in [0.25, 0.3) is 6.08 Å². The summed E-state index contributed by atoms with van der Waals surface area (Å²) in [5, 5.41) is 13.7. The summed E-state index contributed by atoms with van der Waals surface area (Å²) in [4.78, 5) is 35.5. The van der Waals surface area contributed by atoms with Crippen LogP contribution < -0.4 is 11.1 Å². The number of ether oxygens (including phenoxy) is 2. The number of rotatable bonds is 9. The summed E-state index contributed by atoms with van der Waals surface area (Å²) in [6.07, 6.45) is 1.43. The van der Waals surface area contributed by atoms with Gasteiger partial charge in [-0.3, -0.25) is 9.59 Å². The first-order valence-corrected chi connectivity index (χ1v) is 9.78. The van der Waals surface area contributed by atoms with Gasteiger partial charge >= 0.3 is 5.97 Å². The molecule has 2 heterocycles. The Labute approximate surface area is 177 Å². The van der Waals surface area contributed by atoms with Crippen LogP contribution in [-0.2, 0) is 25.6 Å². The van der Waals surface area contributed by atoms with Crippen molar-refractivity contribution in [3.63, 3.8) is 0 Å². The lowest BCUT2D eigenvalue weighted by atomic mass is 10.1. The van der Waals surface area contributed by atoms with Crippen LogP contribution in [0.2, 0.25) is 0 Å². The van der Waals surface area contributed by atoms with Gasteiger partial charge in [0, 0.05) is 25.0 Å². The fourth-order valence-corrected chi connectivity index (χ4v) is 3.57. The number of nitriles is 1. The lowest BCUT2D eigenvalue weighted by Gasteiger charge is -2.08. The van der Waals surface area contributed by atoms with E-state index in [1.165, 1.54) is 12.1 Å². The summed E-state index contributed by atoms with van der Waals surface area (Å²) in [6, 6.07) is 5.14. The average Bonchev–Trinajstić information content (AvgIpc) is 3.27. The number of esters is 1. The van der Waals surface area contributed by atoms with Crippen LogP contribution in [0.15, 0.2) is 23.1 Å². The van der Waals surface area contributed by atoms with E-state index >= 15 is 0 Å². The number of carbonyl (C=O) groups is 3. The fraction of sp³-hybridized carbons (Fsp3) is 0.300. The number of thiophene rings is 1. The molecule has 0 atom stereocenters. The van der Waals surface area contributed by atoms with E-state index in [1.807, 2.05) is 24.5 Å². The lowest BCUT2D eigenvalue weighted by Crippen LogP contribution is -2.22. The maximum absolute atomic E-state index is 12.2. The van der Waals surface area contributed by atoms with Crippen LogP contribution in [0.4, 0.5) is 5.00 Å². The molecule has 0 fully saturated rings. The predicted molar refractivity (Wildman–Crippen MR) is 112 cm³/mol. The van der Waals surface area contributed by atoms with Gasteiger partial charge in [-0.1, -0.05) is 0 Å². The molecule has 0 bridgehead atoms. The number of nitrogens with one attached hydrogen (secondary N) is 1. The number of nitrogens with two attached hydrogens (primary N) is 1. The number of aryl methyl sites for hydroxylation is 1. The minimum absolute atomic E-state index is 0.168. The maximum Gasteiger partial charge on any atom is 0.349 e. The third kappa shape index (κ3) is 5.56. The van der Waals surface area contributed by atoms with E-state index in [9.17, 15) is 19.6 Å². The highest BCUT2D eigenvalue weighted by atomic mass is 32.1. The topological polar surface area (TPSA) is 136 Å². The Morgan fingerprint density at radius 1 is 1.37 bits per heavy atom. The van der Waals surface area contributed by atoms with Gasteiger partial charge in [-0.25, -0.2) is 4.79 Å². The van der Waals surface area contributed by atoms with Crippen LogP contribution in [0.3, 0.4) is 0 Å². The molecule has 0 aromatic carbocycles. The van der Waals surface area contributed by atoms with Crippen molar-refractivity contribution in [2.45, 2.75) is 20.4 Å². The fourth-order valence-electron chi connectivity index (χ4n) is 2.76. The highest BCUT2D eigenvalue weighted by molar-refractivity contribution is 7.14. The summed E-state index contributed by atoms with van der Waals surface area (Å²) < 4.78 is 12.0. The molecule has 158 valence electrons. The predicted octanol–water partition coefficient (Wildman–Crippen LogP) is 2.00. The number of amides is 2. The molecular formula is C20H22N4O5S. The molecule has 2 aromatic heterocycles. The molecule has 0 saturated heterocycles. The minimum atomic E-state index is -0.921. The van der Waals surface area contributed by atoms with Gasteiger partial charge in [0.2, 0.25) is 0 Å². The molecule has 9 nitrogen and oxygen atoms in total. The van der Waals surface area contributed by atoms with Gasteiger partial charge in [-0.2, -0.15) is 5.26 Å². The molecule has 10 heteroatoms. The maximum atomic E-state index is 12.2. The molecule has 3 N–H and O–H groups in total. The summed E-state index contributed by atoms with van der Waals surface area (Å²) in [5.41, 5.74) is 7.69. The van der Waals surface area contributed by atoms with Crippen molar-refractivity contribution in [2.75, 3.05) is 25.6 Å². The zero-order valence-corrected chi connectivity index (χ0v) is 17.7. The highest BCUT2D eigenvalue weighted by Crippen LogP contribution is 2.22. The summed E-state index contributed by atoms with van der Waals surface area (Å²) in [6.45, 7) is 4.36. The van der Waals surface area contributed by atoms with Gasteiger partial charge in [0.1, 0.15) is 16.6 Å². The normalized spacial score (nSPS) is 11.1. The Morgan fingerprint density at radius 2 is 2.10 bits per heavy atom. The molecule has 0 saturated carbocycles. The second-order valence-corrected chi connectivity index (χ2v) is 7.21. The number of hydrogen-bond donors (Lipinski definition) is 2. The second kappa shape index (κ2) is 10.4. The molecule has 30 heavy (non-hydrogen) atoms. The van der Waals surface area contributed by atoms with Crippen molar-refractivity contribution in [2.24, 2.45) is 5.73 Å². The van der Waals surface area contributed by atoms with Crippen molar-refractivity contribution >= 4 is 40.2 Å². The highest BCUT2D eigenvalue weighted by Gasteiger charge is 2.17. The first-order chi connectivity index (χ1) is 14.3. The van der Waals surface area contributed by atoms with E-state index < -0.39 is 24.4 Å². The Morgan fingerprint density at radius 3 is 2.73 bits per heavy atom. The van der Waals surface area contributed by atoms with Crippen molar-refractivity contribution in [1.29, 1.82) is 5.26 Å². The molecule has 0 spiro atoms. The van der Waals surface area contributed by atoms with E-state index in [0.717, 1.165) is 22.7 Å². The third-order valence-electron chi connectivity index (χ3n) is 4.29. The monoisotopic (exact) mass is 430 g/mol. The van der Waals surface area contributed by atoms with E-state index in [0.29, 0.717) is 18.7 Å². The molecule has 2 aromatic rings. The molecule has 0 unspecified atom stereocenters.